The van der Waals surface area contributed by atoms with E-state index in [0.29, 0.717) is 5.41 Å². The fraction of sp³-hybridized carbons (Fsp3) is 1.00. The Kier molecular flexibility index (Phi) is 2.72. The van der Waals surface area contributed by atoms with Gasteiger partial charge in [-0.2, -0.15) is 0 Å². The number of hydrazine groups is 1. The Morgan fingerprint density at radius 3 is 1.89 bits per heavy atom. The van der Waals surface area contributed by atoms with Crippen molar-refractivity contribution in [3.8, 4) is 0 Å². The van der Waals surface area contributed by atoms with Crippen LogP contribution in [0.15, 0.2) is 0 Å². The predicted octanol–water partition coefficient (Wildman–Crippen LogP) is 1.85. The molecule has 0 bridgehead atoms. The summed E-state index contributed by atoms with van der Waals surface area (Å²) in [6.07, 6.45) is 10.3. The maximum absolute atomic E-state index is 3.50. The second-order valence-corrected chi connectivity index (χ2v) is 7.38. The standard InChI is InChI=1S/C15H27N3/c1-2-14(3-1)6-10-17(11-7-14)18-12-15(13-18)4-8-16-9-5-15/h16H,1-13H2. The maximum atomic E-state index is 3.50. The van der Waals surface area contributed by atoms with E-state index in [1.807, 2.05) is 0 Å². The van der Waals surface area contributed by atoms with Crippen LogP contribution in [0.5, 0.6) is 0 Å². The van der Waals surface area contributed by atoms with Crippen LogP contribution in [0.25, 0.3) is 0 Å². The number of nitrogens with zero attached hydrogens (tertiary/aromatic N) is 2. The lowest BCUT2D eigenvalue weighted by Crippen LogP contribution is -2.66. The van der Waals surface area contributed by atoms with Gasteiger partial charge in [0.2, 0.25) is 0 Å². The Hall–Kier alpha value is -0.120. The third-order valence-electron chi connectivity index (χ3n) is 6.31. The summed E-state index contributed by atoms with van der Waals surface area (Å²) in [5.41, 5.74) is 1.49. The van der Waals surface area contributed by atoms with Crippen LogP contribution in [0.1, 0.15) is 44.9 Å². The van der Waals surface area contributed by atoms with Gasteiger partial charge in [0, 0.05) is 31.6 Å². The molecule has 3 saturated heterocycles. The largest absolute Gasteiger partial charge is 0.317 e. The molecule has 0 radical (unpaired) electrons. The summed E-state index contributed by atoms with van der Waals surface area (Å²) < 4.78 is 0. The second kappa shape index (κ2) is 4.19. The fourth-order valence-electron chi connectivity index (χ4n) is 4.63. The van der Waals surface area contributed by atoms with Crippen LogP contribution in [0, 0.1) is 10.8 Å². The van der Waals surface area contributed by atoms with Crippen molar-refractivity contribution in [2.45, 2.75) is 44.9 Å². The van der Waals surface area contributed by atoms with Crippen molar-refractivity contribution in [2.24, 2.45) is 10.8 Å². The van der Waals surface area contributed by atoms with Crippen LogP contribution in [0.3, 0.4) is 0 Å². The Balaban J connectivity index is 1.29. The molecule has 3 aliphatic heterocycles. The van der Waals surface area contributed by atoms with Crippen LogP contribution in [-0.2, 0) is 0 Å². The molecular weight excluding hydrogens is 222 g/mol. The molecular formula is C15H27N3. The molecule has 0 amide bonds. The first-order valence-electron chi connectivity index (χ1n) is 8.00. The number of nitrogens with one attached hydrogen (secondary N) is 1. The summed E-state index contributed by atoms with van der Waals surface area (Å²) in [6, 6.07) is 0. The fourth-order valence-corrected chi connectivity index (χ4v) is 4.63. The zero-order chi connectivity index (χ0) is 12.1. The molecule has 1 N–H and O–H groups in total. The zero-order valence-corrected chi connectivity index (χ0v) is 11.6. The highest BCUT2D eigenvalue weighted by Gasteiger charge is 2.47. The SMILES string of the molecule is C1CC2(C1)CCN(N1CC3(CCNCC3)C1)CC2. The van der Waals surface area contributed by atoms with Gasteiger partial charge in [-0.05, 0) is 57.0 Å². The highest BCUT2D eigenvalue weighted by molar-refractivity contribution is 4.98. The molecule has 102 valence electrons. The van der Waals surface area contributed by atoms with Crippen LogP contribution >= 0.6 is 0 Å². The summed E-state index contributed by atoms with van der Waals surface area (Å²) in [5.74, 6) is 0. The van der Waals surface area contributed by atoms with Crippen LogP contribution < -0.4 is 5.32 Å². The topological polar surface area (TPSA) is 18.5 Å². The minimum atomic E-state index is 0.691. The van der Waals surface area contributed by atoms with Crippen molar-refractivity contribution in [3.05, 3.63) is 0 Å². The van der Waals surface area contributed by atoms with Crippen LogP contribution in [0.2, 0.25) is 0 Å². The van der Waals surface area contributed by atoms with Crippen molar-refractivity contribution in [1.29, 1.82) is 0 Å². The molecule has 0 atom stereocenters. The summed E-state index contributed by atoms with van der Waals surface area (Å²) in [4.78, 5) is 0. The predicted molar refractivity (Wildman–Crippen MR) is 73.2 cm³/mol. The Bertz CT molecular complexity index is 300. The quantitative estimate of drug-likeness (QED) is 0.765. The van der Waals surface area contributed by atoms with Gasteiger partial charge in [-0.3, -0.25) is 0 Å². The molecule has 0 aromatic rings. The van der Waals surface area contributed by atoms with Gasteiger partial charge in [-0.15, -0.1) is 0 Å². The van der Waals surface area contributed by atoms with Crippen molar-refractivity contribution >= 4 is 0 Å². The highest BCUT2D eigenvalue weighted by Crippen LogP contribution is 2.50. The van der Waals surface area contributed by atoms with E-state index in [9.17, 15) is 0 Å². The molecule has 0 aromatic carbocycles. The molecule has 4 rings (SSSR count). The molecule has 0 aromatic heterocycles. The Morgan fingerprint density at radius 1 is 0.667 bits per heavy atom. The second-order valence-electron chi connectivity index (χ2n) is 7.38. The summed E-state index contributed by atoms with van der Waals surface area (Å²) in [7, 11) is 0. The Labute approximate surface area is 111 Å². The van der Waals surface area contributed by atoms with Gasteiger partial charge in [0.05, 0.1) is 0 Å². The van der Waals surface area contributed by atoms with Gasteiger partial charge in [-0.25, -0.2) is 10.0 Å². The van der Waals surface area contributed by atoms with Crippen molar-refractivity contribution in [1.82, 2.24) is 15.3 Å². The minimum absolute atomic E-state index is 0.691. The summed E-state index contributed by atoms with van der Waals surface area (Å²) in [6.45, 7) is 7.87. The number of hydrogen-bond donors (Lipinski definition) is 1. The molecule has 0 unspecified atom stereocenters. The van der Waals surface area contributed by atoms with Crippen molar-refractivity contribution in [2.75, 3.05) is 39.3 Å². The van der Waals surface area contributed by atoms with Crippen LogP contribution in [0.4, 0.5) is 0 Å². The highest BCUT2D eigenvalue weighted by atomic mass is 15.7. The van der Waals surface area contributed by atoms with E-state index in [2.05, 4.69) is 15.3 Å². The molecule has 3 nitrogen and oxygen atoms in total. The van der Waals surface area contributed by atoms with Gasteiger partial charge in [0.25, 0.3) is 0 Å². The van der Waals surface area contributed by atoms with Gasteiger partial charge < -0.3 is 5.32 Å². The van der Waals surface area contributed by atoms with E-state index < -0.39 is 0 Å². The van der Waals surface area contributed by atoms with E-state index in [1.54, 1.807) is 0 Å². The number of rotatable bonds is 1. The van der Waals surface area contributed by atoms with Crippen molar-refractivity contribution in [3.63, 3.8) is 0 Å². The summed E-state index contributed by atoms with van der Waals surface area (Å²) >= 11 is 0. The van der Waals surface area contributed by atoms with E-state index in [1.165, 1.54) is 84.2 Å². The van der Waals surface area contributed by atoms with E-state index in [4.69, 9.17) is 0 Å². The van der Waals surface area contributed by atoms with Gasteiger partial charge >= 0.3 is 0 Å². The molecule has 2 spiro atoms. The number of piperidine rings is 2. The maximum Gasteiger partial charge on any atom is 0.0203 e. The molecule has 1 saturated carbocycles. The molecule has 3 heteroatoms. The lowest BCUT2D eigenvalue weighted by atomic mass is 9.63. The third-order valence-corrected chi connectivity index (χ3v) is 6.31. The molecule has 18 heavy (non-hydrogen) atoms. The molecule has 4 aliphatic rings. The van der Waals surface area contributed by atoms with E-state index in [0.717, 1.165) is 5.41 Å². The molecule has 3 heterocycles. The lowest BCUT2D eigenvalue weighted by Gasteiger charge is -2.58. The van der Waals surface area contributed by atoms with E-state index in [-0.39, 0.29) is 0 Å². The van der Waals surface area contributed by atoms with Crippen molar-refractivity contribution < 1.29 is 0 Å². The average Bonchev–Trinajstić information content (AvgIpc) is 2.35. The first-order valence-corrected chi connectivity index (χ1v) is 8.00. The van der Waals surface area contributed by atoms with E-state index >= 15 is 0 Å². The monoisotopic (exact) mass is 249 g/mol. The zero-order valence-electron chi connectivity index (χ0n) is 11.6. The normalized spacial score (nSPS) is 35.3. The number of hydrogen-bond acceptors (Lipinski definition) is 3. The Morgan fingerprint density at radius 2 is 1.33 bits per heavy atom. The first kappa shape index (κ1) is 11.7. The minimum Gasteiger partial charge on any atom is -0.317 e. The summed E-state index contributed by atoms with van der Waals surface area (Å²) in [5, 5.41) is 8.84. The lowest BCUT2D eigenvalue weighted by molar-refractivity contribution is -0.181. The van der Waals surface area contributed by atoms with Gasteiger partial charge in [0.15, 0.2) is 0 Å². The molecule has 4 fully saturated rings. The smallest absolute Gasteiger partial charge is 0.0203 e. The van der Waals surface area contributed by atoms with Gasteiger partial charge in [-0.1, -0.05) is 6.42 Å². The third kappa shape index (κ3) is 1.83. The average molecular weight is 249 g/mol. The van der Waals surface area contributed by atoms with Gasteiger partial charge in [0.1, 0.15) is 0 Å². The molecule has 1 aliphatic carbocycles. The van der Waals surface area contributed by atoms with Crippen LogP contribution in [-0.4, -0.2) is 49.3 Å². The first-order chi connectivity index (χ1) is 8.79.